The van der Waals surface area contributed by atoms with Crippen molar-refractivity contribution < 1.29 is 19.8 Å². The van der Waals surface area contributed by atoms with Gasteiger partial charge in [0.05, 0.1) is 10.8 Å². The van der Waals surface area contributed by atoms with Crippen LogP contribution < -0.4 is 5.32 Å². The maximum Gasteiger partial charge on any atom is 0.322 e. The molecule has 5 aliphatic rings. The van der Waals surface area contributed by atoms with Crippen molar-refractivity contribution in [3.63, 3.8) is 0 Å². The lowest BCUT2D eigenvalue weighted by molar-refractivity contribution is -0.140. The summed E-state index contributed by atoms with van der Waals surface area (Å²) in [5.41, 5.74) is 2.27. The fourth-order valence-electron chi connectivity index (χ4n) is 25.3. The van der Waals surface area contributed by atoms with Crippen LogP contribution >= 0.6 is 0 Å². The standard InChI is InChI=1S/C64H5NO4/c66-61(67)59-63-55-47-39-29-19-11-3-1-2-5-9-7(3)15-23-17(9)27-21-13(5)14-6(2)10-8-4(1)12(11)20-26-16(8)24-18(10)28-22(14)32-31(21)41-35(27)45-37(23)43(33(39)25(15)19)51(55)53(45)57-49(41)50-42(32)36(28)46-38(24)44-34(26)40(30(20)29)48(47)56(63)52(44)54(46)58(50)64(57,63)60(65-59)62(68)69/h59-60,65H,(H,66,67)(H,68,69). The summed E-state index contributed by atoms with van der Waals surface area (Å²) >= 11 is 0. The smallest absolute Gasteiger partial charge is 0.322 e. The first-order valence-electron chi connectivity index (χ1n) is 25.1. The molecule has 1 saturated heterocycles. The molecule has 0 aromatic heterocycles. The Morgan fingerprint density at radius 2 is 0.319 bits per heavy atom. The SMILES string of the molecule is O=C(O)C1NC(C(=O)O)C23c4c5c6c7c8c9c(c%10c%11c2c2c4c4c%12c5c5c6c6c8c8c%13c9c9c%10c%10c%11c%11c2c2c4c4c%12c%12c5c5c6c8c6c8c%13c9c9c%10c%10c%11c2c2c4c4c%12c5c6c5c8c9c%10c2c45)C713. The molecule has 33 rings (SSSR count). The highest BCUT2D eigenvalue weighted by molar-refractivity contribution is 6.82. The van der Waals surface area contributed by atoms with E-state index >= 15 is 9.59 Å². The Kier molecular flexibility index (Phi) is 2.06. The number of rotatable bonds is 2. The van der Waals surface area contributed by atoms with Gasteiger partial charge in [-0.2, -0.15) is 0 Å². The molecule has 2 unspecified atom stereocenters. The predicted molar refractivity (Wildman–Crippen MR) is 280 cm³/mol. The number of carboxylic acids is 2. The molecule has 290 valence electrons. The number of benzene rings is 18. The average molecular weight is 852 g/mol. The van der Waals surface area contributed by atoms with Crippen LogP contribution in [0.4, 0.5) is 0 Å². The molecule has 1 fully saturated rings. The number of aliphatic carboxylic acids is 2. The van der Waals surface area contributed by atoms with Gasteiger partial charge < -0.3 is 10.2 Å². The van der Waals surface area contributed by atoms with Gasteiger partial charge in [0.15, 0.2) is 0 Å². The van der Waals surface area contributed by atoms with Crippen molar-refractivity contribution in [3.8, 4) is 0 Å². The molecule has 4 aliphatic carbocycles. The van der Waals surface area contributed by atoms with Crippen LogP contribution in [0, 0.1) is 0 Å². The van der Waals surface area contributed by atoms with E-state index in [0.717, 1.165) is 0 Å². The number of hydrogen-bond acceptors (Lipinski definition) is 3. The Morgan fingerprint density at radius 1 is 0.217 bits per heavy atom. The topological polar surface area (TPSA) is 86.6 Å². The summed E-state index contributed by atoms with van der Waals surface area (Å²) in [4.78, 5) is 30.1. The van der Waals surface area contributed by atoms with Gasteiger partial charge in [0.1, 0.15) is 12.1 Å². The zero-order valence-corrected chi connectivity index (χ0v) is 34.4. The zero-order chi connectivity index (χ0) is 41.5. The minimum Gasteiger partial charge on any atom is -0.480 e. The monoisotopic (exact) mass is 851 g/mol. The van der Waals surface area contributed by atoms with Gasteiger partial charge in [0.25, 0.3) is 0 Å². The third kappa shape index (κ3) is 1.29. The van der Waals surface area contributed by atoms with E-state index in [0.29, 0.717) is 0 Å². The Hall–Kier alpha value is -8.64. The second kappa shape index (κ2) is 5.58. The third-order valence-corrected chi connectivity index (χ3v) is 25.1. The van der Waals surface area contributed by atoms with Crippen molar-refractivity contribution in [1.82, 2.24) is 5.32 Å². The molecule has 2 atom stereocenters. The summed E-state index contributed by atoms with van der Waals surface area (Å²) in [5.74, 6) is -1.87. The molecular formula is C64H5NO4. The molecule has 2 spiro atoms. The van der Waals surface area contributed by atoms with Gasteiger partial charge in [-0.15, -0.1) is 0 Å². The van der Waals surface area contributed by atoms with Crippen molar-refractivity contribution in [3.05, 3.63) is 22.3 Å². The van der Waals surface area contributed by atoms with E-state index in [-0.39, 0.29) is 0 Å². The van der Waals surface area contributed by atoms with Crippen LogP contribution in [0.1, 0.15) is 22.3 Å². The van der Waals surface area contributed by atoms with Gasteiger partial charge in [-0.05, 0) is 313 Å². The summed E-state index contributed by atoms with van der Waals surface area (Å²) in [6.45, 7) is 0. The summed E-state index contributed by atoms with van der Waals surface area (Å²) in [6.07, 6.45) is 0. The van der Waals surface area contributed by atoms with E-state index in [1.807, 2.05) is 0 Å². The summed E-state index contributed by atoms with van der Waals surface area (Å²) < 4.78 is 0. The lowest BCUT2D eigenvalue weighted by Gasteiger charge is -2.52. The Bertz CT molecular complexity index is 6670. The molecule has 0 bridgehead atoms. The van der Waals surface area contributed by atoms with Crippen molar-refractivity contribution >= 4 is 303 Å². The summed E-state index contributed by atoms with van der Waals surface area (Å²) in [7, 11) is 0. The van der Waals surface area contributed by atoms with Crippen LogP contribution in [0.2, 0.25) is 0 Å². The molecule has 1 heterocycles. The van der Waals surface area contributed by atoms with Gasteiger partial charge in [-0.25, -0.2) is 0 Å². The van der Waals surface area contributed by atoms with Crippen molar-refractivity contribution in [2.45, 2.75) is 22.9 Å². The van der Waals surface area contributed by atoms with E-state index in [1.165, 1.54) is 302 Å². The van der Waals surface area contributed by atoms with Gasteiger partial charge in [-0.3, -0.25) is 14.9 Å². The van der Waals surface area contributed by atoms with Crippen LogP contribution in [0.3, 0.4) is 0 Å². The van der Waals surface area contributed by atoms with E-state index < -0.39 is 34.9 Å². The van der Waals surface area contributed by atoms with Crippen LogP contribution in [0.15, 0.2) is 0 Å². The fraction of sp³-hybridized carbons (Fsp3) is 0.0625. The van der Waals surface area contributed by atoms with E-state index in [1.54, 1.807) is 10.8 Å². The lowest BCUT2D eigenvalue weighted by atomic mass is 9.46. The van der Waals surface area contributed by atoms with Gasteiger partial charge in [0.2, 0.25) is 0 Å². The molecule has 0 amide bonds. The molecule has 28 aromatic carbocycles. The number of hydrogen-bond donors (Lipinski definition) is 3. The van der Waals surface area contributed by atoms with Crippen molar-refractivity contribution in [2.75, 3.05) is 0 Å². The highest BCUT2D eigenvalue weighted by atomic mass is 16.4. The van der Waals surface area contributed by atoms with Crippen LogP contribution in [0.5, 0.6) is 0 Å². The van der Waals surface area contributed by atoms with Crippen LogP contribution in [0.25, 0.3) is 291 Å². The molecule has 3 N–H and O–H groups in total. The number of carboxylic acid groups (broad SMARTS) is 2. The third-order valence-electron chi connectivity index (χ3n) is 25.1. The first kappa shape index (κ1) is 25.5. The van der Waals surface area contributed by atoms with Crippen LogP contribution in [-0.4, -0.2) is 34.2 Å². The maximum absolute atomic E-state index is 15.0. The minimum atomic E-state index is -1.20. The summed E-state index contributed by atoms with van der Waals surface area (Å²) in [6, 6.07) is -2.32. The summed E-state index contributed by atoms with van der Waals surface area (Å²) in [5, 5.41) is 105. The van der Waals surface area contributed by atoms with E-state index in [2.05, 4.69) is 5.32 Å². The predicted octanol–water partition coefficient (Wildman–Crippen LogP) is 14.8. The minimum absolute atomic E-state index is 0.935. The molecular weight excluding hydrogens is 847 g/mol. The van der Waals surface area contributed by atoms with Crippen molar-refractivity contribution in [1.29, 1.82) is 0 Å². The largest absolute Gasteiger partial charge is 0.480 e. The highest BCUT2D eigenvalue weighted by Gasteiger charge is 2.80. The highest BCUT2D eigenvalue weighted by Crippen LogP contribution is 2.86. The molecule has 0 radical (unpaired) electrons. The average Bonchev–Trinajstić information content (AvgIpc) is 4.21. The van der Waals surface area contributed by atoms with Crippen LogP contribution in [-0.2, 0) is 20.4 Å². The van der Waals surface area contributed by atoms with E-state index in [4.69, 9.17) is 0 Å². The van der Waals surface area contributed by atoms with E-state index in [9.17, 15) is 10.2 Å². The molecule has 1 aliphatic heterocycles. The zero-order valence-electron chi connectivity index (χ0n) is 34.4. The molecule has 28 aromatic rings. The van der Waals surface area contributed by atoms with Crippen molar-refractivity contribution in [2.24, 2.45) is 0 Å². The first-order chi connectivity index (χ1) is 34.1. The molecule has 0 saturated carbocycles. The number of carbonyl (C=O) groups is 2. The fourth-order valence-corrected chi connectivity index (χ4v) is 25.3. The quantitative estimate of drug-likeness (QED) is 0.151. The number of nitrogens with one attached hydrogen (secondary N) is 1. The lowest BCUT2D eigenvalue weighted by Crippen LogP contribution is -2.58. The Balaban J connectivity index is 1.24. The Labute approximate surface area is 371 Å². The van der Waals surface area contributed by atoms with Gasteiger partial charge in [0, 0.05) is 0 Å². The normalized spacial score (nSPS) is 24.8. The van der Waals surface area contributed by atoms with Gasteiger partial charge in [-0.1, -0.05) is 0 Å². The first-order valence-corrected chi connectivity index (χ1v) is 25.1. The second-order valence-corrected chi connectivity index (χ2v) is 25.1. The van der Waals surface area contributed by atoms with Gasteiger partial charge >= 0.3 is 11.9 Å². The Morgan fingerprint density at radius 3 is 0.420 bits per heavy atom. The second-order valence-electron chi connectivity index (χ2n) is 25.1. The molecule has 69 heavy (non-hydrogen) atoms. The molecule has 5 heteroatoms. The maximum atomic E-state index is 15.0. The molecule has 5 nitrogen and oxygen atoms in total.